The van der Waals surface area contributed by atoms with Crippen LogP contribution in [0.3, 0.4) is 0 Å². The van der Waals surface area contributed by atoms with Gasteiger partial charge in [-0.25, -0.2) is 0 Å². The first-order valence-electron chi connectivity index (χ1n) is 12.3. The van der Waals surface area contributed by atoms with Crippen LogP contribution in [0, 0.1) is 13.8 Å². The number of halogens is 2. The van der Waals surface area contributed by atoms with E-state index in [1.807, 2.05) is 55.5 Å². The number of nitrogens with zero attached hydrogens (tertiary/aromatic N) is 3. The number of amides is 1. The number of aromatic nitrogens is 2. The zero-order chi connectivity index (χ0) is 27.8. The summed E-state index contributed by atoms with van der Waals surface area (Å²) in [6.07, 6.45) is 1.78. The number of methoxy groups -OCH3 is 1. The molecule has 1 aliphatic rings. The summed E-state index contributed by atoms with van der Waals surface area (Å²) in [6, 6.07) is 18.6. The first kappa shape index (κ1) is 27.0. The Hall–Kier alpha value is -3.59. The Labute approximate surface area is 242 Å². The lowest BCUT2D eigenvalue weighted by atomic mass is 9.96. The standard InChI is InChI=1S/C29H27Cl2N5O2S/c1-16-13-21(17(2)35(16)25-10-8-19(30)14-22(25)31)28-27(23-7-5-6-12-32-23)34-29(39)36(28)20-9-11-26(38-4)24(15-20)33-18(3)37/h5-15,27-28H,1-4H3,(H,33,37)(H,34,39)/t27-,28-/m0/s1. The fraction of sp³-hybridized carbons (Fsp3) is 0.207. The first-order valence-corrected chi connectivity index (χ1v) is 13.5. The normalized spacial score (nSPS) is 16.8. The van der Waals surface area contributed by atoms with Crippen LogP contribution in [-0.2, 0) is 4.79 Å². The molecule has 200 valence electrons. The van der Waals surface area contributed by atoms with Crippen molar-refractivity contribution in [3.8, 4) is 11.4 Å². The highest BCUT2D eigenvalue weighted by molar-refractivity contribution is 7.80. The molecule has 2 aromatic carbocycles. The second-order valence-electron chi connectivity index (χ2n) is 9.32. The van der Waals surface area contributed by atoms with Crippen molar-refractivity contribution in [2.24, 2.45) is 0 Å². The maximum atomic E-state index is 11.9. The van der Waals surface area contributed by atoms with E-state index in [2.05, 4.69) is 38.1 Å². The molecule has 10 heteroatoms. The minimum Gasteiger partial charge on any atom is -0.495 e. The molecule has 0 saturated carbocycles. The van der Waals surface area contributed by atoms with Gasteiger partial charge in [0.25, 0.3) is 0 Å². The lowest BCUT2D eigenvalue weighted by molar-refractivity contribution is -0.114. The largest absolute Gasteiger partial charge is 0.495 e. The molecule has 0 radical (unpaired) electrons. The number of pyridine rings is 1. The third-order valence-corrected chi connectivity index (χ3v) is 7.66. The molecule has 2 aromatic heterocycles. The van der Waals surface area contributed by atoms with E-state index >= 15 is 0 Å². The number of anilines is 2. The van der Waals surface area contributed by atoms with Crippen molar-refractivity contribution in [2.75, 3.05) is 17.3 Å². The van der Waals surface area contributed by atoms with Gasteiger partial charge in [-0.2, -0.15) is 0 Å². The molecular weight excluding hydrogens is 553 g/mol. The summed E-state index contributed by atoms with van der Waals surface area (Å²) in [7, 11) is 1.57. The molecule has 7 nitrogen and oxygen atoms in total. The number of carbonyl (C=O) groups is 1. The summed E-state index contributed by atoms with van der Waals surface area (Å²) < 4.78 is 7.61. The van der Waals surface area contributed by atoms with Crippen molar-refractivity contribution >= 4 is 57.8 Å². The van der Waals surface area contributed by atoms with Crippen LogP contribution in [0.2, 0.25) is 10.0 Å². The van der Waals surface area contributed by atoms with Crippen LogP contribution in [0.15, 0.2) is 66.9 Å². The lowest BCUT2D eigenvalue weighted by Gasteiger charge is -2.29. The minimum atomic E-state index is -0.253. The van der Waals surface area contributed by atoms with Crippen LogP contribution in [0.1, 0.15) is 41.7 Å². The van der Waals surface area contributed by atoms with Crippen molar-refractivity contribution in [2.45, 2.75) is 32.9 Å². The molecule has 0 aliphatic carbocycles. The molecule has 1 saturated heterocycles. The number of thiocarbonyl (C=S) groups is 1. The highest BCUT2D eigenvalue weighted by Crippen LogP contribution is 2.45. The number of rotatable bonds is 6. The average Bonchev–Trinajstić information content (AvgIpc) is 3.39. The molecule has 1 aliphatic heterocycles. The molecular formula is C29H27Cl2N5O2S. The summed E-state index contributed by atoms with van der Waals surface area (Å²) in [5.41, 5.74) is 6.14. The van der Waals surface area contributed by atoms with Crippen molar-refractivity contribution in [3.63, 3.8) is 0 Å². The number of hydrogen-bond acceptors (Lipinski definition) is 4. The van der Waals surface area contributed by atoms with E-state index in [-0.39, 0.29) is 18.0 Å². The Bertz CT molecular complexity index is 1570. The molecule has 2 atom stereocenters. The third-order valence-electron chi connectivity index (χ3n) is 6.81. The van der Waals surface area contributed by atoms with Crippen LogP contribution in [0.25, 0.3) is 5.69 Å². The molecule has 3 heterocycles. The van der Waals surface area contributed by atoms with Gasteiger partial charge >= 0.3 is 0 Å². The topological polar surface area (TPSA) is 71.4 Å². The predicted octanol–water partition coefficient (Wildman–Crippen LogP) is 6.94. The van der Waals surface area contributed by atoms with E-state index in [4.69, 9.17) is 40.2 Å². The van der Waals surface area contributed by atoms with E-state index in [1.165, 1.54) is 6.92 Å². The second-order valence-corrected chi connectivity index (χ2v) is 10.6. The van der Waals surface area contributed by atoms with E-state index in [9.17, 15) is 4.79 Å². The van der Waals surface area contributed by atoms with Gasteiger partial charge in [0, 0.05) is 35.2 Å². The van der Waals surface area contributed by atoms with Gasteiger partial charge in [0.05, 0.1) is 41.3 Å². The maximum absolute atomic E-state index is 11.9. The smallest absolute Gasteiger partial charge is 0.221 e. The number of benzene rings is 2. The Morgan fingerprint density at radius 3 is 2.56 bits per heavy atom. The number of ether oxygens (including phenoxy) is 1. The fourth-order valence-electron chi connectivity index (χ4n) is 5.20. The summed E-state index contributed by atoms with van der Waals surface area (Å²) >= 11 is 18.7. The van der Waals surface area contributed by atoms with E-state index < -0.39 is 0 Å². The minimum absolute atomic E-state index is 0.195. The highest BCUT2D eigenvalue weighted by Gasteiger charge is 2.42. The number of carbonyl (C=O) groups excluding carboxylic acids is 1. The van der Waals surface area contributed by atoms with Gasteiger partial charge < -0.3 is 24.8 Å². The van der Waals surface area contributed by atoms with Gasteiger partial charge in [0.1, 0.15) is 5.75 Å². The van der Waals surface area contributed by atoms with Gasteiger partial charge in [-0.3, -0.25) is 9.78 Å². The fourth-order valence-corrected chi connectivity index (χ4v) is 6.04. The molecule has 2 N–H and O–H groups in total. The molecule has 0 bridgehead atoms. The number of nitrogens with one attached hydrogen (secondary N) is 2. The van der Waals surface area contributed by atoms with Crippen molar-refractivity contribution < 1.29 is 9.53 Å². The molecule has 0 spiro atoms. The Kier molecular flexibility index (Phi) is 7.53. The molecule has 5 rings (SSSR count). The summed E-state index contributed by atoms with van der Waals surface area (Å²) in [5.74, 6) is 0.360. The number of aryl methyl sites for hydroxylation is 1. The average molecular weight is 581 g/mol. The monoisotopic (exact) mass is 579 g/mol. The molecule has 0 unspecified atom stereocenters. The van der Waals surface area contributed by atoms with Crippen molar-refractivity contribution in [3.05, 3.63) is 99.6 Å². The Balaban J connectivity index is 1.69. The van der Waals surface area contributed by atoms with Crippen LogP contribution >= 0.6 is 35.4 Å². The van der Waals surface area contributed by atoms with Crippen LogP contribution in [0.4, 0.5) is 11.4 Å². The Morgan fingerprint density at radius 1 is 1.10 bits per heavy atom. The van der Waals surface area contributed by atoms with Gasteiger partial charge in [-0.05, 0) is 86.2 Å². The van der Waals surface area contributed by atoms with Crippen molar-refractivity contribution in [1.82, 2.24) is 14.9 Å². The summed E-state index contributed by atoms with van der Waals surface area (Å²) in [4.78, 5) is 18.6. The molecule has 1 amide bonds. The molecule has 4 aromatic rings. The third kappa shape index (κ3) is 5.07. The number of hydrogen-bond donors (Lipinski definition) is 2. The van der Waals surface area contributed by atoms with Crippen molar-refractivity contribution in [1.29, 1.82) is 0 Å². The zero-order valence-electron chi connectivity index (χ0n) is 21.8. The SMILES string of the molecule is COc1ccc(N2C(=S)N[C@@H](c3ccccn3)[C@@H]2c2cc(C)n(-c3ccc(Cl)cc3Cl)c2C)cc1NC(C)=O. The van der Waals surface area contributed by atoms with Crippen LogP contribution in [0.5, 0.6) is 5.75 Å². The quantitative estimate of drug-likeness (QED) is 0.241. The maximum Gasteiger partial charge on any atom is 0.221 e. The highest BCUT2D eigenvalue weighted by atomic mass is 35.5. The predicted molar refractivity (Wildman–Crippen MR) is 160 cm³/mol. The second kappa shape index (κ2) is 10.9. The van der Waals surface area contributed by atoms with Gasteiger partial charge in [0.2, 0.25) is 5.91 Å². The molecule has 39 heavy (non-hydrogen) atoms. The van der Waals surface area contributed by atoms with Crippen LogP contribution < -0.4 is 20.3 Å². The van der Waals surface area contributed by atoms with E-state index in [0.717, 1.165) is 34.0 Å². The van der Waals surface area contributed by atoms with Gasteiger partial charge in [-0.1, -0.05) is 29.3 Å². The molecule has 1 fully saturated rings. The van der Waals surface area contributed by atoms with E-state index in [0.29, 0.717) is 26.6 Å². The van der Waals surface area contributed by atoms with E-state index in [1.54, 1.807) is 19.4 Å². The zero-order valence-corrected chi connectivity index (χ0v) is 24.2. The first-order chi connectivity index (χ1) is 18.7. The summed E-state index contributed by atoms with van der Waals surface area (Å²) in [6.45, 7) is 5.58. The summed E-state index contributed by atoms with van der Waals surface area (Å²) in [5, 5.41) is 8.04. The Morgan fingerprint density at radius 2 is 1.90 bits per heavy atom. The van der Waals surface area contributed by atoms with Crippen LogP contribution in [-0.4, -0.2) is 27.7 Å². The van der Waals surface area contributed by atoms with Gasteiger partial charge in [-0.15, -0.1) is 0 Å². The van der Waals surface area contributed by atoms with Gasteiger partial charge in [0.15, 0.2) is 5.11 Å². The lowest BCUT2D eigenvalue weighted by Crippen LogP contribution is -2.29.